The molecule has 2 N–H and O–H groups in total. The van der Waals surface area contributed by atoms with Gasteiger partial charge in [0.15, 0.2) is 5.82 Å². The van der Waals surface area contributed by atoms with Crippen LogP contribution in [0.1, 0.15) is 5.69 Å². The van der Waals surface area contributed by atoms with Gasteiger partial charge in [0.25, 0.3) is 11.1 Å². The third-order valence-electron chi connectivity index (χ3n) is 4.43. The van der Waals surface area contributed by atoms with E-state index in [1.807, 2.05) is 0 Å². The third kappa shape index (κ3) is 4.27. The number of aromatic nitrogens is 3. The highest BCUT2D eigenvalue weighted by Gasteiger charge is 2.31. The van der Waals surface area contributed by atoms with Crippen LogP contribution in [0.5, 0.6) is 5.75 Å². The molecule has 4 rings (SSSR count). The quantitative estimate of drug-likeness (QED) is 0.513. The molecule has 0 aliphatic heterocycles. The van der Waals surface area contributed by atoms with Crippen molar-refractivity contribution in [2.24, 2.45) is 0 Å². The number of alkyl halides is 3. The second kappa shape index (κ2) is 7.63. The topological polar surface area (TPSA) is 89.0 Å². The zero-order valence-electron chi connectivity index (χ0n) is 16.0. The average Bonchev–Trinajstić information content (AvgIpc) is 2.71. The first kappa shape index (κ1) is 20.2. The van der Waals surface area contributed by atoms with Crippen molar-refractivity contribution in [3.63, 3.8) is 0 Å². The summed E-state index contributed by atoms with van der Waals surface area (Å²) in [5.74, 6) is -0.185. The molecule has 7 nitrogen and oxygen atoms in total. The number of hydrogen-bond donors (Lipinski definition) is 2. The van der Waals surface area contributed by atoms with Crippen LogP contribution >= 0.6 is 0 Å². The molecule has 10 heteroatoms. The molecule has 0 amide bonds. The summed E-state index contributed by atoms with van der Waals surface area (Å²) in [7, 11) is 0. The van der Waals surface area contributed by atoms with Crippen molar-refractivity contribution in [3.8, 4) is 11.4 Å². The van der Waals surface area contributed by atoms with Crippen molar-refractivity contribution in [2.75, 3.05) is 5.32 Å². The van der Waals surface area contributed by atoms with E-state index < -0.39 is 17.7 Å². The number of halogens is 3. The Labute approximate surface area is 172 Å². The molecule has 0 atom stereocenters. The van der Waals surface area contributed by atoms with Crippen LogP contribution < -0.4 is 21.2 Å². The van der Waals surface area contributed by atoms with Gasteiger partial charge in [-0.3, -0.25) is 9.59 Å². The summed E-state index contributed by atoms with van der Waals surface area (Å²) in [6.07, 6.45) is -4.82. The van der Waals surface area contributed by atoms with Gasteiger partial charge in [-0.2, -0.15) is 4.68 Å². The van der Waals surface area contributed by atoms with Crippen LogP contribution in [-0.2, 0) is 0 Å². The molecule has 0 aliphatic carbocycles. The minimum atomic E-state index is -4.82. The number of nitrogens with zero attached hydrogens (tertiary/aromatic N) is 2. The second-order valence-corrected chi connectivity index (χ2v) is 6.66. The number of nitrogens with one attached hydrogen (secondary N) is 2. The van der Waals surface area contributed by atoms with Crippen molar-refractivity contribution in [2.45, 2.75) is 13.3 Å². The summed E-state index contributed by atoms with van der Waals surface area (Å²) < 4.78 is 42.1. The zero-order chi connectivity index (χ0) is 22.2. The number of anilines is 2. The van der Waals surface area contributed by atoms with Gasteiger partial charge in [-0.1, -0.05) is 18.2 Å². The number of H-pyrrole nitrogens is 1. The fraction of sp³-hybridized carbons (Fsp3) is 0.0952. The van der Waals surface area contributed by atoms with Gasteiger partial charge >= 0.3 is 6.36 Å². The van der Waals surface area contributed by atoms with Gasteiger partial charge in [0.05, 0.1) is 11.1 Å². The molecule has 2 heterocycles. The molecule has 0 unspecified atom stereocenters. The predicted molar refractivity (Wildman–Crippen MR) is 109 cm³/mol. The number of ether oxygens (including phenoxy) is 1. The van der Waals surface area contributed by atoms with Crippen molar-refractivity contribution >= 4 is 22.3 Å². The predicted octanol–water partition coefficient (Wildman–Crippen LogP) is 4.02. The van der Waals surface area contributed by atoms with Crippen LogP contribution in [0.2, 0.25) is 0 Å². The molecule has 0 bridgehead atoms. The Kier molecular flexibility index (Phi) is 4.97. The molecule has 31 heavy (non-hydrogen) atoms. The molecule has 158 valence electrons. The standard InChI is InChI=1S/C21H15F3N4O3/c1-12-6-11-17(19(29)25-12)26-18-15-4-2-3-5-16(15)20(30)28(27-18)13-7-9-14(10-8-13)31-21(22,23)24/h2-11H,1H3,(H,25,29)(H,26,27). The Morgan fingerprint density at radius 1 is 0.968 bits per heavy atom. The van der Waals surface area contributed by atoms with Gasteiger partial charge in [0, 0.05) is 11.1 Å². The maximum atomic E-state index is 13.0. The third-order valence-corrected chi connectivity index (χ3v) is 4.43. The van der Waals surface area contributed by atoms with E-state index in [0.29, 0.717) is 16.5 Å². The van der Waals surface area contributed by atoms with Crippen molar-refractivity contribution < 1.29 is 17.9 Å². The lowest BCUT2D eigenvalue weighted by molar-refractivity contribution is -0.274. The van der Waals surface area contributed by atoms with Crippen molar-refractivity contribution in [3.05, 3.63) is 87.1 Å². The minimum absolute atomic E-state index is 0.224. The van der Waals surface area contributed by atoms with Gasteiger partial charge in [-0.15, -0.1) is 18.3 Å². The maximum absolute atomic E-state index is 13.0. The van der Waals surface area contributed by atoms with Crippen LogP contribution in [0.25, 0.3) is 16.5 Å². The highest BCUT2D eigenvalue weighted by atomic mass is 19.4. The summed E-state index contributed by atoms with van der Waals surface area (Å²) >= 11 is 0. The smallest absolute Gasteiger partial charge is 0.406 e. The summed E-state index contributed by atoms with van der Waals surface area (Å²) in [5, 5.41) is 8.05. The van der Waals surface area contributed by atoms with Gasteiger partial charge in [0.2, 0.25) is 0 Å². The largest absolute Gasteiger partial charge is 0.573 e. The number of aromatic amines is 1. The highest BCUT2D eigenvalue weighted by molar-refractivity contribution is 5.92. The van der Waals surface area contributed by atoms with E-state index in [1.54, 1.807) is 43.3 Å². The molecule has 0 radical (unpaired) electrons. The number of benzene rings is 2. The Bertz CT molecular complexity index is 1380. The number of pyridine rings is 1. The average molecular weight is 428 g/mol. The Morgan fingerprint density at radius 3 is 2.29 bits per heavy atom. The van der Waals surface area contributed by atoms with Gasteiger partial charge in [-0.25, -0.2) is 0 Å². The monoisotopic (exact) mass is 428 g/mol. The lowest BCUT2D eigenvalue weighted by Gasteiger charge is -2.13. The van der Waals surface area contributed by atoms with Crippen LogP contribution in [0.3, 0.4) is 0 Å². The van der Waals surface area contributed by atoms with Gasteiger partial charge in [-0.05, 0) is 49.4 Å². The lowest BCUT2D eigenvalue weighted by atomic mass is 10.2. The lowest BCUT2D eigenvalue weighted by Crippen LogP contribution is -2.23. The number of aryl methyl sites for hydroxylation is 1. The molecule has 0 saturated carbocycles. The SMILES string of the molecule is Cc1ccc(Nc2nn(-c3ccc(OC(F)(F)F)cc3)c(=O)c3ccccc23)c(=O)[nH]1. The van der Waals surface area contributed by atoms with Crippen LogP contribution in [-0.4, -0.2) is 21.1 Å². The van der Waals surface area contributed by atoms with E-state index in [1.165, 1.54) is 12.1 Å². The Balaban J connectivity index is 1.82. The number of hydrogen-bond acceptors (Lipinski definition) is 5. The van der Waals surface area contributed by atoms with E-state index >= 15 is 0 Å². The zero-order valence-corrected chi connectivity index (χ0v) is 16.0. The van der Waals surface area contributed by atoms with Crippen molar-refractivity contribution in [1.29, 1.82) is 0 Å². The molecular weight excluding hydrogens is 413 g/mol. The number of rotatable bonds is 4. The summed E-state index contributed by atoms with van der Waals surface area (Å²) in [5.41, 5.74) is 0.300. The second-order valence-electron chi connectivity index (χ2n) is 6.66. The molecule has 4 aromatic rings. The first-order chi connectivity index (χ1) is 14.7. The minimum Gasteiger partial charge on any atom is -0.406 e. The van der Waals surface area contributed by atoms with E-state index in [-0.39, 0.29) is 22.8 Å². The van der Waals surface area contributed by atoms with Gasteiger partial charge in [0.1, 0.15) is 11.4 Å². The van der Waals surface area contributed by atoms with Crippen molar-refractivity contribution in [1.82, 2.24) is 14.8 Å². The first-order valence-corrected chi connectivity index (χ1v) is 9.06. The summed E-state index contributed by atoms with van der Waals surface area (Å²) in [4.78, 5) is 27.9. The molecule has 2 aromatic heterocycles. The molecule has 0 aliphatic rings. The molecular formula is C21H15F3N4O3. The van der Waals surface area contributed by atoms with E-state index in [2.05, 4.69) is 20.1 Å². The fourth-order valence-corrected chi connectivity index (χ4v) is 3.04. The highest BCUT2D eigenvalue weighted by Crippen LogP contribution is 2.25. The summed E-state index contributed by atoms with van der Waals surface area (Å²) in [6.45, 7) is 1.74. The molecule has 0 saturated heterocycles. The Hall–Kier alpha value is -4.08. The molecule has 0 spiro atoms. The van der Waals surface area contributed by atoms with Crippen LogP contribution in [0, 0.1) is 6.92 Å². The van der Waals surface area contributed by atoms with Crippen LogP contribution in [0.4, 0.5) is 24.7 Å². The molecule has 2 aromatic carbocycles. The molecule has 0 fully saturated rings. The normalized spacial score (nSPS) is 11.5. The van der Waals surface area contributed by atoms with E-state index in [4.69, 9.17) is 0 Å². The summed E-state index contributed by atoms with van der Waals surface area (Å²) in [6, 6.07) is 14.7. The first-order valence-electron chi connectivity index (χ1n) is 9.06. The fourth-order valence-electron chi connectivity index (χ4n) is 3.04. The maximum Gasteiger partial charge on any atom is 0.573 e. The van der Waals surface area contributed by atoms with E-state index in [9.17, 15) is 22.8 Å². The van der Waals surface area contributed by atoms with E-state index in [0.717, 1.165) is 16.8 Å². The Morgan fingerprint density at radius 2 is 1.65 bits per heavy atom. The van der Waals surface area contributed by atoms with Crippen LogP contribution in [0.15, 0.2) is 70.3 Å². The van der Waals surface area contributed by atoms with Gasteiger partial charge < -0.3 is 15.0 Å². The number of fused-ring (bicyclic) bond motifs is 1.